The molecule has 3 rings (SSSR count). The van der Waals surface area contributed by atoms with Crippen molar-refractivity contribution in [2.75, 3.05) is 0 Å². The standard InChI is InChI=1S/C25H22O3/c1-3-24(20-7-5-4-6-8-20)25(21-11-9-19(17-26)10-12-21)22-13-15-23(16-14-22)28-18(2)27/h4-17H,3H2,1-2H3/b25-24-. The van der Waals surface area contributed by atoms with Gasteiger partial charge in [-0.3, -0.25) is 9.59 Å². The van der Waals surface area contributed by atoms with Crippen LogP contribution >= 0.6 is 0 Å². The molecular weight excluding hydrogens is 348 g/mol. The Balaban J connectivity index is 2.17. The lowest BCUT2D eigenvalue weighted by molar-refractivity contribution is -0.131. The van der Waals surface area contributed by atoms with Crippen LogP contribution < -0.4 is 4.74 Å². The van der Waals surface area contributed by atoms with Crippen LogP contribution in [0.3, 0.4) is 0 Å². The quantitative estimate of drug-likeness (QED) is 0.239. The van der Waals surface area contributed by atoms with Crippen molar-refractivity contribution in [3.63, 3.8) is 0 Å². The summed E-state index contributed by atoms with van der Waals surface area (Å²) in [5.41, 5.74) is 6.16. The molecule has 0 saturated heterocycles. The van der Waals surface area contributed by atoms with Crippen LogP contribution in [0, 0.1) is 0 Å². The van der Waals surface area contributed by atoms with Crippen molar-refractivity contribution < 1.29 is 14.3 Å². The highest BCUT2D eigenvalue weighted by molar-refractivity contribution is 5.98. The van der Waals surface area contributed by atoms with E-state index in [4.69, 9.17) is 4.74 Å². The van der Waals surface area contributed by atoms with Gasteiger partial charge < -0.3 is 4.74 Å². The normalized spacial score (nSPS) is 11.5. The van der Waals surface area contributed by atoms with Gasteiger partial charge >= 0.3 is 5.97 Å². The predicted molar refractivity (Wildman–Crippen MR) is 112 cm³/mol. The van der Waals surface area contributed by atoms with Gasteiger partial charge in [-0.05, 0) is 46.4 Å². The third-order valence-electron chi connectivity index (χ3n) is 4.52. The van der Waals surface area contributed by atoms with Crippen molar-refractivity contribution in [2.45, 2.75) is 20.3 Å². The van der Waals surface area contributed by atoms with Gasteiger partial charge in [0.05, 0.1) is 0 Å². The maximum absolute atomic E-state index is 11.2. The number of hydrogen-bond acceptors (Lipinski definition) is 3. The highest BCUT2D eigenvalue weighted by Gasteiger charge is 2.13. The molecule has 0 heterocycles. The molecule has 0 atom stereocenters. The zero-order chi connectivity index (χ0) is 19.9. The van der Waals surface area contributed by atoms with Crippen molar-refractivity contribution in [3.8, 4) is 5.75 Å². The molecule has 3 aromatic carbocycles. The molecule has 28 heavy (non-hydrogen) atoms. The molecule has 140 valence electrons. The van der Waals surface area contributed by atoms with E-state index in [1.165, 1.54) is 12.5 Å². The summed E-state index contributed by atoms with van der Waals surface area (Å²) in [7, 11) is 0. The Hall–Kier alpha value is -3.46. The Morgan fingerprint density at radius 3 is 1.89 bits per heavy atom. The van der Waals surface area contributed by atoms with Crippen LogP contribution in [0.5, 0.6) is 5.75 Å². The molecule has 0 aromatic heterocycles. The summed E-state index contributed by atoms with van der Waals surface area (Å²) >= 11 is 0. The van der Waals surface area contributed by atoms with Crippen molar-refractivity contribution in [3.05, 3.63) is 101 Å². The third kappa shape index (κ3) is 4.44. The summed E-state index contributed by atoms with van der Waals surface area (Å²) in [6.45, 7) is 3.52. The van der Waals surface area contributed by atoms with E-state index in [2.05, 4.69) is 19.1 Å². The second kappa shape index (κ2) is 8.96. The van der Waals surface area contributed by atoms with Crippen LogP contribution in [0.4, 0.5) is 0 Å². The van der Waals surface area contributed by atoms with Gasteiger partial charge in [0, 0.05) is 12.5 Å². The number of ether oxygens (including phenoxy) is 1. The molecule has 3 aromatic rings. The number of carbonyl (C=O) groups is 2. The maximum Gasteiger partial charge on any atom is 0.308 e. The Bertz CT molecular complexity index is 982. The van der Waals surface area contributed by atoms with Gasteiger partial charge in [-0.25, -0.2) is 0 Å². The van der Waals surface area contributed by atoms with Gasteiger partial charge in [0.15, 0.2) is 0 Å². The molecule has 0 aliphatic carbocycles. The molecular formula is C25H22O3. The number of aldehydes is 1. The minimum Gasteiger partial charge on any atom is -0.427 e. The minimum atomic E-state index is -0.341. The summed E-state index contributed by atoms with van der Waals surface area (Å²) in [6.07, 6.45) is 1.69. The first-order chi connectivity index (χ1) is 13.6. The minimum absolute atomic E-state index is 0.341. The predicted octanol–water partition coefficient (Wildman–Crippen LogP) is 5.79. The molecule has 0 bridgehead atoms. The molecule has 0 fully saturated rings. The van der Waals surface area contributed by atoms with Crippen molar-refractivity contribution in [1.82, 2.24) is 0 Å². The number of hydrogen-bond donors (Lipinski definition) is 0. The fourth-order valence-corrected chi connectivity index (χ4v) is 3.26. The Morgan fingerprint density at radius 1 is 0.821 bits per heavy atom. The van der Waals surface area contributed by atoms with Gasteiger partial charge in [-0.1, -0.05) is 73.7 Å². The highest BCUT2D eigenvalue weighted by Crippen LogP contribution is 2.35. The van der Waals surface area contributed by atoms with Crippen LogP contribution in [-0.2, 0) is 4.79 Å². The summed E-state index contributed by atoms with van der Waals surface area (Å²) in [6, 6.07) is 25.4. The molecule has 0 saturated carbocycles. The number of esters is 1. The lowest BCUT2D eigenvalue weighted by atomic mass is 9.88. The largest absolute Gasteiger partial charge is 0.427 e. The van der Waals surface area contributed by atoms with Crippen molar-refractivity contribution in [2.24, 2.45) is 0 Å². The fourth-order valence-electron chi connectivity index (χ4n) is 3.26. The van der Waals surface area contributed by atoms with Gasteiger partial charge in [-0.15, -0.1) is 0 Å². The van der Waals surface area contributed by atoms with Crippen LogP contribution in [-0.4, -0.2) is 12.3 Å². The van der Waals surface area contributed by atoms with Crippen molar-refractivity contribution >= 4 is 23.4 Å². The molecule has 0 N–H and O–H groups in total. The number of rotatable bonds is 6. The average molecular weight is 370 g/mol. The first-order valence-electron chi connectivity index (χ1n) is 9.25. The summed E-state index contributed by atoms with van der Waals surface area (Å²) < 4.78 is 5.16. The lowest BCUT2D eigenvalue weighted by Crippen LogP contribution is -2.01. The lowest BCUT2D eigenvalue weighted by Gasteiger charge is -2.17. The van der Waals surface area contributed by atoms with E-state index in [0.717, 1.165) is 35.0 Å². The monoisotopic (exact) mass is 370 g/mol. The number of allylic oxidation sites excluding steroid dienone is 1. The second-order valence-electron chi connectivity index (χ2n) is 6.43. The summed E-state index contributed by atoms with van der Waals surface area (Å²) in [4.78, 5) is 22.2. The zero-order valence-electron chi connectivity index (χ0n) is 16.0. The van der Waals surface area contributed by atoms with Gasteiger partial charge in [0.25, 0.3) is 0 Å². The summed E-state index contributed by atoms with van der Waals surface area (Å²) in [5, 5.41) is 0. The van der Waals surface area contributed by atoms with Crippen LogP contribution in [0.2, 0.25) is 0 Å². The topological polar surface area (TPSA) is 43.4 Å². The Kier molecular flexibility index (Phi) is 6.18. The van der Waals surface area contributed by atoms with E-state index in [1.807, 2.05) is 54.6 Å². The molecule has 0 unspecified atom stereocenters. The van der Waals surface area contributed by atoms with Gasteiger partial charge in [0.2, 0.25) is 0 Å². The third-order valence-corrected chi connectivity index (χ3v) is 4.52. The van der Waals surface area contributed by atoms with Crippen LogP contribution in [0.15, 0.2) is 78.9 Å². The molecule has 0 aliphatic heterocycles. The Labute approximate surface area is 165 Å². The van der Waals surface area contributed by atoms with Crippen molar-refractivity contribution in [1.29, 1.82) is 0 Å². The molecule has 0 spiro atoms. The molecule has 0 radical (unpaired) electrons. The first-order valence-corrected chi connectivity index (χ1v) is 9.25. The SMILES string of the molecule is CC/C(=C(\c1ccc(C=O)cc1)c1ccc(OC(C)=O)cc1)c1ccccc1. The maximum atomic E-state index is 11.2. The second-order valence-corrected chi connectivity index (χ2v) is 6.43. The average Bonchev–Trinajstić information content (AvgIpc) is 2.73. The van der Waals surface area contributed by atoms with E-state index in [1.54, 1.807) is 12.1 Å². The van der Waals surface area contributed by atoms with E-state index in [0.29, 0.717) is 11.3 Å². The smallest absolute Gasteiger partial charge is 0.308 e. The van der Waals surface area contributed by atoms with E-state index in [-0.39, 0.29) is 5.97 Å². The zero-order valence-corrected chi connectivity index (χ0v) is 16.0. The summed E-state index contributed by atoms with van der Waals surface area (Å²) in [5.74, 6) is 0.177. The first kappa shape index (κ1) is 19.3. The van der Waals surface area contributed by atoms with Crippen LogP contribution in [0.1, 0.15) is 47.3 Å². The van der Waals surface area contributed by atoms with Crippen LogP contribution in [0.25, 0.3) is 11.1 Å². The van der Waals surface area contributed by atoms with E-state index < -0.39 is 0 Å². The van der Waals surface area contributed by atoms with E-state index in [9.17, 15) is 9.59 Å². The highest BCUT2D eigenvalue weighted by atomic mass is 16.5. The molecule has 0 aliphatic rings. The molecule has 0 amide bonds. The van der Waals surface area contributed by atoms with E-state index >= 15 is 0 Å². The number of carbonyl (C=O) groups excluding carboxylic acids is 2. The number of benzene rings is 3. The Morgan fingerprint density at radius 2 is 1.39 bits per heavy atom. The van der Waals surface area contributed by atoms with Gasteiger partial charge in [0.1, 0.15) is 12.0 Å². The fraction of sp³-hybridized carbons (Fsp3) is 0.120. The van der Waals surface area contributed by atoms with Gasteiger partial charge in [-0.2, -0.15) is 0 Å². The molecule has 3 heteroatoms. The molecule has 3 nitrogen and oxygen atoms in total.